The molecule has 5 amide bonds. The maximum absolute atomic E-state index is 14.7. The van der Waals surface area contributed by atoms with Crippen molar-refractivity contribution >= 4 is 105 Å². The minimum Gasteiger partial charge on any atom is -0.459 e. The summed E-state index contributed by atoms with van der Waals surface area (Å²) < 4.78 is 43.1. The van der Waals surface area contributed by atoms with Gasteiger partial charge in [0, 0.05) is 184 Å². The smallest absolute Gasteiger partial charge is 0.407 e. The number of aryl methyl sites for hydroxylation is 1. The molecule has 41 heteroatoms. The summed E-state index contributed by atoms with van der Waals surface area (Å²) in [6.07, 6.45) is 18.4. The van der Waals surface area contributed by atoms with Crippen molar-refractivity contribution in [3.63, 3.8) is 0 Å². The largest absolute Gasteiger partial charge is 0.459 e. The van der Waals surface area contributed by atoms with Crippen molar-refractivity contribution in [1.82, 2.24) is 80.4 Å². The number of nitrogens with zero attached hydrogens (tertiary/aromatic N) is 16. The molecule has 12 N–H and O–H groups in total. The number of benzene rings is 1. The Morgan fingerprint density at radius 3 is 2.03 bits per heavy atom. The number of fused-ring (bicyclic) bond motifs is 5. The van der Waals surface area contributed by atoms with E-state index in [1.165, 1.54) is 51.2 Å². The van der Waals surface area contributed by atoms with Gasteiger partial charge in [0.25, 0.3) is 29.5 Å². The van der Waals surface area contributed by atoms with Crippen molar-refractivity contribution in [3.8, 4) is 11.3 Å². The lowest BCUT2D eigenvalue weighted by Gasteiger charge is -2.42. The molecular weight excluding hydrogens is 1740 g/mol. The molecule has 15 atom stereocenters. The van der Waals surface area contributed by atoms with Crippen molar-refractivity contribution in [2.24, 2.45) is 35.3 Å². The minimum absolute atomic E-state index is 0.0145. The lowest BCUT2D eigenvalue weighted by atomic mass is 9.80. The fourth-order valence-corrected chi connectivity index (χ4v) is 18.1. The molecule has 0 unspecified atom stereocenters. The normalized spacial score (nSPS) is 26.8. The van der Waals surface area contributed by atoms with Crippen molar-refractivity contribution in [2.45, 2.75) is 212 Å². The van der Waals surface area contributed by atoms with Crippen LogP contribution in [0.5, 0.6) is 0 Å². The number of piperidine rings is 1. The molecule has 0 spiro atoms. The molecule has 41 nitrogen and oxygen atoms in total. The highest BCUT2D eigenvalue weighted by atomic mass is 16.6. The standard InChI is InChI=1S/C94H126N22O19/c1-55-16-10-9-11-17-56(2)73(129-7)45-66-22-19-60(6)94(128,135-66)82(122)87(125)115-28-14-12-18-69(115)88(126)132-74(46-70(117)57(3)41-59(5)80(120)81(121)79(119)58(4)40-55)67(95)42-61-20-23-72(75(43-61)130-8)134-93(127)106-49-62-47-100-90(101-48-62)113-34-36-114(37-35-113)92-104-52-65(53-105-92)86(124)99-27-39-131-38-25-76(118)111-30-32-112(33-31-111)91-102-50-64(51-103-91)85(123)98-26-13-15-29-116-84-77(83(96)107-54-108-84)78(110-116)63-21-24-71-68(44-63)109-89(97)133-71/h9-11,16-17,21,24,41,44,47-48,50-55,57-58,60-61,66-67,69,72-75,80-81,120-121,128H,12-15,18-20,22-23,25-40,42-43,45-46,49,95H2,1-8H3,(H2,97,109)(H,98,123)(H,99,124)(H,106,127)(H2,96,107,108)/b11-9+,16-10+,56-17+,59-41+/t55-,57-,58-,60-,61+,66+,67-,69+,72-,73+,74+,75-,80-,81+,94-/m1/s1. The van der Waals surface area contributed by atoms with Gasteiger partial charge in [0.15, 0.2) is 17.0 Å². The number of anilines is 5. The second-order valence-corrected chi connectivity index (χ2v) is 35.9. The number of amides is 5. The van der Waals surface area contributed by atoms with Crippen LogP contribution < -0.4 is 47.9 Å². The number of nitrogen functional groups attached to an aromatic ring is 2. The van der Waals surface area contributed by atoms with Crippen LogP contribution in [0.25, 0.3) is 33.4 Å². The molecule has 135 heavy (non-hydrogen) atoms. The number of allylic oxidation sites excluding steroid dienone is 6. The van der Waals surface area contributed by atoms with E-state index < -0.39 is 120 Å². The number of hydrogen-bond donors (Lipinski definition) is 9. The van der Waals surface area contributed by atoms with Crippen LogP contribution in [0.3, 0.4) is 0 Å². The molecular formula is C94H126N22O19. The third-order valence-corrected chi connectivity index (χ3v) is 26.2. The van der Waals surface area contributed by atoms with E-state index in [1.54, 1.807) is 55.9 Å². The van der Waals surface area contributed by atoms with Gasteiger partial charge in [0.05, 0.1) is 54.5 Å². The van der Waals surface area contributed by atoms with Gasteiger partial charge in [-0.3, -0.25) is 33.6 Å². The maximum atomic E-state index is 14.7. The molecule has 7 aromatic rings. The van der Waals surface area contributed by atoms with Gasteiger partial charge >= 0.3 is 12.1 Å². The third kappa shape index (κ3) is 25.7. The zero-order chi connectivity index (χ0) is 96.1. The summed E-state index contributed by atoms with van der Waals surface area (Å²) in [5, 5.41) is 48.7. The van der Waals surface area contributed by atoms with Crippen LogP contribution in [-0.4, -0.2) is 293 Å². The number of carbonyl (C=O) groups is 9. The topological polar surface area (TPSA) is 547 Å². The first-order valence-electron chi connectivity index (χ1n) is 46.5. The first-order chi connectivity index (χ1) is 64.9. The highest BCUT2D eigenvalue weighted by Crippen LogP contribution is 2.39. The number of ketones is 3. The molecule has 2 bridgehead atoms. The fraction of sp³-hybridized carbons (Fsp3) is 0.564. The number of ether oxygens (including phenoxy) is 6. The van der Waals surface area contributed by atoms with E-state index in [0.717, 1.165) is 16.0 Å². The van der Waals surface area contributed by atoms with Gasteiger partial charge < -0.3 is 106 Å². The molecule has 6 aliphatic rings. The van der Waals surface area contributed by atoms with Crippen LogP contribution in [0.1, 0.15) is 164 Å². The SMILES string of the molecule is CO[C@H]1C[C@@H]2CC[C@@H](C)[C@@](O)(O2)C(=O)C(=O)N2CCCC[C@H]2C(=O)O[C@H]([C@H](N)C[C@@H]2CC[C@@H](OC(=O)NCc3cnc(N4CCN(c5ncc(C(=O)NCCOCCC(=O)N6CCN(c7ncc(C(=O)NCCCCn8nc(-c9ccc%10oc(N)nc%10c9)c9c(N)ncnc98)cn7)CC6)cn5)CC4)nc3)[C@H](OC)C2)CC(=O)[C@H](C)/C=C(\C)[C@@H](O)[C@@H](O)C(=O)[C@H](C)C[C@H](C)/C=C/C=C/C=C/1C. The Morgan fingerprint density at radius 1 is 0.689 bits per heavy atom. The van der Waals surface area contributed by atoms with Gasteiger partial charge in [-0.25, -0.2) is 54.1 Å². The van der Waals surface area contributed by atoms with Gasteiger partial charge in [-0.05, 0) is 132 Å². The number of Topliss-reactive ketones (excluding diaryl/α,β-unsaturated/α-hetero) is 3. The number of hydrogen-bond acceptors (Lipinski definition) is 35. The Morgan fingerprint density at radius 2 is 1.36 bits per heavy atom. The Hall–Kier alpha value is -12.3. The van der Waals surface area contributed by atoms with E-state index in [1.807, 2.05) is 71.1 Å². The average Bonchev–Trinajstić information content (AvgIpc) is 1.76. The van der Waals surface area contributed by atoms with Crippen LogP contribution in [0.2, 0.25) is 0 Å². The molecule has 0 radical (unpaired) electrons. The summed E-state index contributed by atoms with van der Waals surface area (Å²) in [6, 6.07) is 3.22. The summed E-state index contributed by atoms with van der Waals surface area (Å²) in [7, 11) is 3.05. The molecule has 4 saturated heterocycles. The number of oxazole rings is 1. The number of unbranched alkanes of at least 4 members (excludes halogenated alkanes) is 1. The van der Waals surface area contributed by atoms with Crippen molar-refractivity contribution in [1.29, 1.82) is 0 Å². The number of aliphatic hydroxyl groups excluding tert-OH is 2. The molecule has 1 aromatic carbocycles. The van der Waals surface area contributed by atoms with Gasteiger partial charge in [-0.2, -0.15) is 10.1 Å². The molecule has 13 rings (SSSR count). The molecule has 11 heterocycles. The number of cyclic esters (lactones) is 1. The number of alkyl carbamates (subject to hydrolysis) is 1. The van der Waals surface area contributed by atoms with E-state index >= 15 is 0 Å². The van der Waals surface area contributed by atoms with Crippen LogP contribution >= 0.6 is 0 Å². The molecule has 5 fully saturated rings. The molecule has 1 aliphatic carbocycles. The predicted molar refractivity (Wildman–Crippen MR) is 496 cm³/mol. The molecule has 6 aromatic heterocycles. The lowest BCUT2D eigenvalue weighted by Crippen LogP contribution is -2.61. The average molecular weight is 1870 g/mol. The monoisotopic (exact) mass is 1870 g/mol. The van der Waals surface area contributed by atoms with Crippen molar-refractivity contribution in [2.75, 3.05) is 126 Å². The van der Waals surface area contributed by atoms with Gasteiger partial charge in [0.2, 0.25) is 29.5 Å². The highest BCUT2D eigenvalue weighted by molar-refractivity contribution is 6.39. The lowest BCUT2D eigenvalue weighted by molar-refractivity contribution is -0.265. The zero-order valence-electron chi connectivity index (χ0n) is 77.8. The summed E-state index contributed by atoms with van der Waals surface area (Å²) >= 11 is 0. The Bertz CT molecular complexity index is 5410. The predicted octanol–water partition coefficient (Wildman–Crippen LogP) is 5.66. The Labute approximate surface area is 782 Å². The highest BCUT2D eigenvalue weighted by Gasteiger charge is 2.53. The summed E-state index contributed by atoms with van der Waals surface area (Å²) in [6.45, 7) is 15.8. The van der Waals surface area contributed by atoms with E-state index in [2.05, 4.69) is 60.8 Å². The molecule has 1 saturated carbocycles. The zero-order valence-corrected chi connectivity index (χ0v) is 77.8. The molecule has 5 aliphatic heterocycles. The number of aliphatic hydroxyl groups is 3. The number of methoxy groups -OCH3 is 2. The number of esters is 1. The first kappa shape index (κ1) is 100. The number of aromatic nitrogens is 11. The van der Waals surface area contributed by atoms with Gasteiger partial charge in [0.1, 0.15) is 59.6 Å². The second kappa shape index (κ2) is 46.8. The van der Waals surface area contributed by atoms with Gasteiger partial charge in [-0.15, -0.1) is 0 Å². The van der Waals surface area contributed by atoms with Crippen molar-refractivity contribution in [3.05, 3.63) is 126 Å². The maximum Gasteiger partial charge on any atom is 0.407 e. The van der Waals surface area contributed by atoms with E-state index in [-0.39, 0.29) is 105 Å². The number of carbonyl (C=O) groups excluding carboxylic acids is 9. The second-order valence-electron chi connectivity index (χ2n) is 35.9. The van der Waals surface area contributed by atoms with E-state index in [9.17, 15) is 58.5 Å². The van der Waals surface area contributed by atoms with Gasteiger partial charge in [-0.1, -0.05) is 64.2 Å². The molecule has 726 valence electrons. The Balaban J connectivity index is 0.510. The van der Waals surface area contributed by atoms with Crippen LogP contribution in [-0.2, 0) is 70.3 Å². The summed E-state index contributed by atoms with van der Waals surface area (Å²) in [5.74, 6) is -8.51. The summed E-state index contributed by atoms with van der Waals surface area (Å²) in [4.78, 5) is 173. The van der Waals surface area contributed by atoms with Crippen LogP contribution in [0, 0.1) is 29.6 Å². The number of nitrogens with two attached hydrogens (primary N) is 3. The van der Waals surface area contributed by atoms with Crippen molar-refractivity contribution < 1.29 is 91.3 Å². The Kier molecular flexibility index (Phi) is 34.7. The number of rotatable bonds is 25. The van der Waals surface area contributed by atoms with Crippen LogP contribution in [0.15, 0.2) is 114 Å². The van der Waals surface area contributed by atoms with E-state index in [4.69, 9.17) is 55.1 Å². The number of piperazine rings is 2. The quantitative estimate of drug-likeness (QED) is 0.0144. The summed E-state index contributed by atoms with van der Waals surface area (Å²) in [5.41, 5.74) is 24.4. The minimum atomic E-state index is -2.52. The third-order valence-electron chi connectivity index (χ3n) is 26.2. The van der Waals surface area contributed by atoms with E-state index in [0.29, 0.717) is 192 Å². The fourth-order valence-electron chi connectivity index (χ4n) is 18.1. The first-order valence-corrected chi connectivity index (χ1v) is 46.5. The van der Waals surface area contributed by atoms with Crippen LogP contribution in [0.4, 0.5) is 34.5 Å². The number of nitrogens with one attached hydrogen (secondary N) is 3.